The Kier molecular flexibility index (Phi) is 4.94. The zero-order chi connectivity index (χ0) is 16.4. The van der Waals surface area contributed by atoms with Crippen molar-refractivity contribution in [1.82, 2.24) is 20.2 Å². The molecule has 1 aliphatic heterocycles. The monoisotopic (exact) mass is 346 g/mol. The summed E-state index contributed by atoms with van der Waals surface area (Å²) < 4.78 is 2.18. The second-order valence-corrected chi connectivity index (χ2v) is 8.56. The van der Waals surface area contributed by atoms with Gasteiger partial charge < -0.3 is 4.90 Å². The number of rotatable bonds is 4. The van der Waals surface area contributed by atoms with Crippen molar-refractivity contribution in [3.8, 4) is 0 Å². The van der Waals surface area contributed by atoms with E-state index in [0.29, 0.717) is 12.1 Å². The Bertz CT molecular complexity index is 632. The summed E-state index contributed by atoms with van der Waals surface area (Å²) in [4.78, 5) is 3.05. The quantitative estimate of drug-likeness (QED) is 0.926. The fourth-order valence-corrected chi connectivity index (χ4v) is 5.41. The maximum absolute atomic E-state index is 4.54. The first-order valence-corrected chi connectivity index (χ1v) is 10.4. The van der Waals surface area contributed by atoms with Gasteiger partial charge in [0.05, 0.1) is 24.0 Å². The number of likely N-dealkylation sites (tertiary alicyclic amines) is 1. The molecule has 0 bridgehead atoms. The summed E-state index contributed by atoms with van der Waals surface area (Å²) >= 11 is 1.85. The molecular formula is C18H28N5S+. The van der Waals surface area contributed by atoms with Crippen LogP contribution < -0.4 is 4.90 Å². The summed E-state index contributed by atoms with van der Waals surface area (Å²) in [5.41, 5.74) is 0. The molecule has 1 aliphatic carbocycles. The van der Waals surface area contributed by atoms with E-state index in [-0.39, 0.29) is 0 Å². The summed E-state index contributed by atoms with van der Waals surface area (Å²) in [5, 5.41) is 15.2. The van der Waals surface area contributed by atoms with Crippen LogP contribution in [-0.2, 0) is 0 Å². The van der Waals surface area contributed by atoms with E-state index in [1.54, 1.807) is 4.90 Å². The largest absolute Gasteiger partial charge is 0.321 e. The topological polar surface area (TPSA) is 48.0 Å². The van der Waals surface area contributed by atoms with Crippen LogP contribution in [0.5, 0.6) is 0 Å². The van der Waals surface area contributed by atoms with Crippen molar-refractivity contribution in [1.29, 1.82) is 0 Å². The third kappa shape index (κ3) is 3.26. The lowest BCUT2D eigenvalue weighted by Gasteiger charge is -2.34. The van der Waals surface area contributed by atoms with E-state index in [1.807, 2.05) is 11.3 Å². The van der Waals surface area contributed by atoms with E-state index < -0.39 is 0 Å². The van der Waals surface area contributed by atoms with Gasteiger partial charge in [0.1, 0.15) is 0 Å². The van der Waals surface area contributed by atoms with Crippen molar-refractivity contribution in [3.05, 3.63) is 28.2 Å². The van der Waals surface area contributed by atoms with Gasteiger partial charge in [-0.15, -0.1) is 16.4 Å². The van der Waals surface area contributed by atoms with Gasteiger partial charge in [0.25, 0.3) is 0 Å². The molecule has 1 saturated heterocycles. The molecule has 0 aromatic carbocycles. The van der Waals surface area contributed by atoms with Crippen LogP contribution in [0.3, 0.4) is 0 Å². The lowest BCUT2D eigenvalue weighted by molar-refractivity contribution is -0.934. The lowest BCUT2D eigenvalue weighted by Crippen LogP contribution is -3.14. The third-order valence-corrected chi connectivity index (χ3v) is 6.68. The van der Waals surface area contributed by atoms with Gasteiger partial charge in [-0.25, -0.2) is 4.68 Å². The third-order valence-electron chi connectivity index (χ3n) is 5.74. The van der Waals surface area contributed by atoms with E-state index >= 15 is 0 Å². The fraction of sp³-hybridized carbons (Fsp3) is 0.722. The highest BCUT2D eigenvalue weighted by Gasteiger charge is 2.36. The maximum atomic E-state index is 4.54. The van der Waals surface area contributed by atoms with Gasteiger partial charge >= 0.3 is 0 Å². The number of nitrogens with one attached hydrogen (secondary N) is 1. The number of quaternary nitrogens is 1. The first-order valence-electron chi connectivity index (χ1n) is 9.48. The van der Waals surface area contributed by atoms with Gasteiger partial charge in [-0.05, 0) is 47.6 Å². The highest BCUT2D eigenvalue weighted by molar-refractivity contribution is 7.10. The summed E-state index contributed by atoms with van der Waals surface area (Å²) in [6, 6.07) is 5.22. The molecule has 2 fully saturated rings. The highest BCUT2D eigenvalue weighted by Crippen LogP contribution is 2.31. The van der Waals surface area contributed by atoms with E-state index in [9.17, 15) is 0 Å². The number of hydrogen-bond donors (Lipinski definition) is 1. The predicted octanol–water partition coefficient (Wildman–Crippen LogP) is 2.64. The molecule has 1 N–H and O–H groups in total. The van der Waals surface area contributed by atoms with Crippen LogP contribution >= 0.6 is 11.3 Å². The van der Waals surface area contributed by atoms with Crippen LogP contribution in [0.1, 0.15) is 74.7 Å². The van der Waals surface area contributed by atoms with Crippen molar-refractivity contribution < 1.29 is 4.90 Å². The normalized spacial score (nSPS) is 27.2. The van der Waals surface area contributed by atoms with Crippen LogP contribution in [0.2, 0.25) is 0 Å². The number of nitrogens with zero attached hydrogens (tertiary/aromatic N) is 4. The molecular weight excluding hydrogens is 318 g/mol. The summed E-state index contributed by atoms with van der Waals surface area (Å²) in [5.74, 6) is 1.88. The number of piperidine rings is 1. The molecule has 5 nitrogen and oxygen atoms in total. The average Bonchev–Trinajstić information content (AvgIpc) is 3.29. The molecule has 2 aromatic rings. The van der Waals surface area contributed by atoms with Crippen LogP contribution in [0.15, 0.2) is 17.5 Å². The zero-order valence-corrected chi connectivity index (χ0v) is 15.3. The maximum Gasteiger partial charge on any atom is 0.215 e. The van der Waals surface area contributed by atoms with Crippen molar-refractivity contribution in [2.45, 2.75) is 64.0 Å². The Labute approximate surface area is 148 Å². The molecule has 3 atom stereocenters. The van der Waals surface area contributed by atoms with E-state index in [4.69, 9.17) is 0 Å². The molecule has 1 saturated carbocycles. The molecule has 0 amide bonds. The Morgan fingerprint density at radius 2 is 2.08 bits per heavy atom. The van der Waals surface area contributed by atoms with E-state index in [0.717, 1.165) is 11.7 Å². The minimum atomic E-state index is 0.296. The second kappa shape index (κ2) is 7.31. The highest BCUT2D eigenvalue weighted by atomic mass is 32.1. The smallest absolute Gasteiger partial charge is 0.215 e. The second-order valence-electron chi connectivity index (χ2n) is 7.58. The molecule has 130 valence electrons. The van der Waals surface area contributed by atoms with Gasteiger partial charge in [-0.2, -0.15) is 0 Å². The van der Waals surface area contributed by atoms with Gasteiger partial charge in [-0.3, -0.25) is 0 Å². The molecule has 0 radical (unpaired) electrons. The first kappa shape index (κ1) is 16.2. The predicted molar refractivity (Wildman–Crippen MR) is 95.2 cm³/mol. The number of aromatic nitrogens is 4. The van der Waals surface area contributed by atoms with Gasteiger partial charge in [0.15, 0.2) is 6.04 Å². The number of tetrazole rings is 1. The van der Waals surface area contributed by atoms with Crippen molar-refractivity contribution >= 4 is 11.3 Å². The van der Waals surface area contributed by atoms with Gasteiger partial charge in [0.2, 0.25) is 5.82 Å². The van der Waals surface area contributed by atoms with Crippen LogP contribution in [0.4, 0.5) is 0 Å². The van der Waals surface area contributed by atoms with Gasteiger partial charge in [-0.1, -0.05) is 32.3 Å². The molecule has 0 spiro atoms. The van der Waals surface area contributed by atoms with Crippen molar-refractivity contribution in [2.75, 3.05) is 13.1 Å². The Morgan fingerprint density at radius 3 is 2.83 bits per heavy atom. The molecule has 1 unspecified atom stereocenters. The van der Waals surface area contributed by atoms with Crippen LogP contribution in [0.25, 0.3) is 0 Å². The minimum absolute atomic E-state index is 0.296. The Hall–Kier alpha value is -1.27. The molecule has 24 heavy (non-hydrogen) atoms. The number of hydrogen-bond acceptors (Lipinski definition) is 4. The van der Waals surface area contributed by atoms with Crippen molar-refractivity contribution in [3.63, 3.8) is 0 Å². The summed E-state index contributed by atoms with van der Waals surface area (Å²) in [6.45, 7) is 4.83. The molecule has 2 aliphatic rings. The zero-order valence-electron chi connectivity index (χ0n) is 14.5. The van der Waals surface area contributed by atoms with E-state index in [1.165, 1.54) is 62.9 Å². The van der Waals surface area contributed by atoms with Crippen LogP contribution in [-0.4, -0.2) is 33.3 Å². The molecule has 3 heterocycles. The molecule has 4 rings (SSSR count). The number of thiophene rings is 1. The Balaban J connectivity index is 1.68. The summed E-state index contributed by atoms with van der Waals surface area (Å²) in [6.07, 6.45) is 9.08. The van der Waals surface area contributed by atoms with Crippen molar-refractivity contribution in [2.24, 2.45) is 5.92 Å². The molecule has 6 heteroatoms. The van der Waals surface area contributed by atoms with Gasteiger partial charge in [0, 0.05) is 5.92 Å². The Morgan fingerprint density at radius 1 is 1.21 bits per heavy atom. The minimum Gasteiger partial charge on any atom is -0.321 e. The average molecular weight is 347 g/mol. The first-order chi connectivity index (χ1) is 11.8. The van der Waals surface area contributed by atoms with E-state index in [2.05, 4.69) is 44.6 Å². The van der Waals surface area contributed by atoms with Crippen LogP contribution in [0, 0.1) is 5.92 Å². The lowest BCUT2D eigenvalue weighted by atomic mass is 9.95. The summed E-state index contributed by atoms with van der Waals surface area (Å²) in [7, 11) is 0. The fourth-order valence-electron chi connectivity index (χ4n) is 4.53. The molecule has 2 aromatic heterocycles. The SMILES string of the molecule is C[C@H]1CCC[NH+]([C@H](c2cccs2)c2nnnn2C2CCCCC2)C1. The standard InChI is InChI=1S/C18H27N5S/c1-14-7-5-11-22(13-14)17(16-10-6-12-24-16)18-19-20-21-23(18)15-8-3-2-4-9-15/h6,10,12,14-15,17H,2-5,7-9,11,13H2,1H3/p+1/t14-,17+/m0/s1.